The van der Waals surface area contributed by atoms with Gasteiger partial charge in [-0.05, 0) is 231 Å². The van der Waals surface area contributed by atoms with Gasteiger partial charge in [-0.15, -0.1) is 0 Å². The fourth-order valence-electron chi connectivity index (χ4n) is 18.3. The highest BCUT2D eigenvalue weighted by Crippen LogP contribution is 2.48. The van der Waals surface area contributed by atoms with Crippen molar-refractivity contribution in [3.8, 4) is 50.2 Å². The Kier molecular flexibility index (Phi) is 16.8. The summed E-state index contributed by atoms with van der Waals surface area (Å²) in [5, 5.41) is 2.58. The second-order valence-electron chi connectivity index (χ2n) is 36.7. The Morgan fingerprint density at radius 1 is 0.322 bits per heavy atom. The number of nitrogens with zero attached hydrogens (tertiary/aromatic N) is 5. The van der Waals surface area contributed by atoms with Crippen LogP contribution < -0.4 is 31.1 Å². The van der Waals surface area contributed by atoms with Gasteiger partial charge in [-0.1, -0.05) is 332 Å². The number of para-hydroxylation sites is 5. The fraction of sp³-hybridized carbons (Fsp3) is 0.196. The Hall–Kier alpha value is -12.6. The van der Waals surface area contributed by atoms with Crippen molar-refractivity contribution in [2.75, 3.05) is 21.2 Å². The first-order chi connectivity index (χ1) is 60.3. The number of anilines is 6. The molecule has 4 heterocycles. The minimum Gasteiger partial charge on any atom is -0.341 e. The van der Waals surface area contributed by atoms with Crippen LogP contribution in [0.25, 0.3) is 93.8 Å². The number of aromatic nitrogens is 2. The SMILES string of the molecule is [2H]c1c([2H])c([2H])c2c(c1[2H])c1c([2H])c([2H])c([2H])c([2H])c1n2CCc1ccc2c(c1)N(Cc1c(-c3ccccc3)cc(C(C)(C)C)cc1-c1ccccc1)c1cc(CCN(c3ccccc3)c3ccc(-n4c5ccccc5c5ccccc54)cc3)cc3c1B2c1ccc(-c2cc(C(C)(C)C)cc(C(C)(C)C)c2)cc1N3Cc1cc(-c2ccccc2)cc(C(C)(C)C)c1. The maximum absolute atomic E-state index is 9.57. The third-order valence-electron chi connectivity index (χ3n) is 24.7. The molecular formula is C112H104BN5. The molecule has 0 fully saturated rings. The van der Waals surface area contributed by atoms with Crippen LogP contribution in [-0.2, 0) is 54.1 Å². The lowest BCUT2D eigenvalue weighted by molar-refractivity contribution is 0.569. The van der Waals surface area contributed by atoms with Crippen molar-refractivity contribution in [2.24, 2.45) is 0 Å². The molecule has 580 valence electrons. The number of hydrogen-bond acceptors (Lipinski definition) is 3. The zero-order chi connectivity index (χ0) is 87.9. The number of benzene rings is 15. The van der Waals surface area contributed by atoms with Crippen LogP contribution in [0.15, 0.2) is 340 Å². The van der Waals surface area contributed by atoms with Crippen molar-refractivity contribution in [3.05, 3.63) is 384 Å². The van der Waals surface area contributed by atoms with E-state index in [2.05, 4.69) is 394 Å². The molecule has 0 saturated carbocycles. The summed E-state index contributed by atoms with van der Waals surface area (Å²) in [7, 11) is 0. The second-order valence-corrected chi connectivity index (χ2v) is 36.7. The minimum absolute atomic E-state index is 0.0762. The van der Waals surface area contributed by atoms with Crippen LogP contribution in [0.4, 0.5) is 34.1 Å². The maximum Gasteiger partial charge on any atom is 0.252 e. The number of rotatable bonds is 17. The van der Waals surface area contributed by atoms with Gasteiger partial charge in [-0.2, -0.15) is 0 Å². The minimum atomic E-state index is -0.464. The van der Waals surface area contributed by atoms with E-state index in [9.17, 15) is 5.48 Å². The molecule has 118 heavy (non-hydrogen) atoms. The van der Waals surface area contributed by atoms with Crippen molar-refractivity contribution >= 4 is 101 Å². The largest absolute Gasteiger partial charge is 0.341 e. The Bertz CT molecular complexity index is 6950. The molecule has 0 bridgehead atoms. The molecule has 17 aromatic rings. The van der Waals surface area contributed by atoms with Crippen LogP contribution >= 0.6 is 0 Å². The number of fused-ring (bicyclic) bond motifs is 10. The highest BCUT2D eigenvalue weighted by Gasteiger charge is 2.44. The van der Waals surface area contributed by atoms with Crippen LogP contribution in [0.3, 0.4) is 0 Å². The molecule has 0 spiro atoms. The molecule has 0 radical (unpaired) electrons. The van der Waals surface area contributed by atoms with E-state index < -0.39 is 24.2 Å². The van der Waals surface area contributed by atoms with Crippen LogP contribution in [0.5, 0.6) is 0 Å². The normalized spacial score (nSPS) is 13.8. The lowest BCUT2D eigenvalue weighted by Crippen LogP contribution is -2.62. The molecule has 15 aromatic carbocycles. The summed E-state index contributed by atoms with van der Waals surface area (Å²) in [5.74, 6) is 0. The van der Waals surface area contributed by atoms with E-state index in [1.54, 1.807) is 4.57 Å². The van der Waals surface area contributed by atoms with Crippen LogP contribution in [0, 0.1) is 0 Å². The van der Waals surface area contributed by atoms with Gasteiger partial charge < -0.3 is 23.8 Å². The molecule has 2 aliphatic heterocycles. The summed E-state index contributed by atoms with van der Waals surface area (Å²) < 4.78 is 78.0. The third kappa shape index (κ3) is 14.1. The van der Waals surface area contributed by atoms with Gasteiger partial charge in [0.15, 0.2) is 0 Å². The molecule has 0 saturated heterocycles. The van der Waals surface area contributed by atoms with Gasteiger partial charge in [0, 0.05) is 98.6 Å². The second kappa shape index (κ2) is 29.8. The van der Waals surface area contributed by atoms with Crippen LogP contribution in [0.2, 0.25) is 0 Å². The summed E-state index contributed by atoms with van der Waals surface area (Å²) >= 11 is 0. The van der Waals surface area contributed by atoms with Crippen LogP contribution in [-0.4, -0.2) is 22.4 Å². The summed E-state index contributed by atoms with van der Waals surface area (Å²) in [4.78, 5) is 7.77. The standard InChI is InChI=1S/C112H104BN5/c1-109(2,3)84-62-77(61-82(66-84)78-33-17-13-18-34-78)73-116-105-69-81(83-67-85(110(4,5)6)70-86(68-83)111(7,8)9)50-56-99(105)113-98-55-49-75(57-60-115-100-45-29-25-41-91(100)92-42-26-30-46-101(92)115)63-104(98)117(74-97-95(79-35-19-14-20-36-79)71-87(112(10,11)12)72-96(97)80-37-21-15-22-38-80)107-65-76(64-106(116)108(107)113)58-59-114(88-39-23-16-24-40-88)89-51-53-90(54-52-89)118-102-47-31-27-43-93(102)94-44-28-32-48-103(94)118/h13-56,61-72H,57-60,73-74H2,1-12H3/i25D,26D,29D,30D,41D,42D,45D,46D. The average Bonchev–Trinajstić information content (AvgIpc) is 0.836. The Morgan fingerprint density at radius 2 is 0.771 bits per heavy atom. The predicted octanol–water partition coefficient (Wildman–Crippen LogP) is 27.2. The van der Waals surface area contributed by atoms with Gasteiger partial charge in [0.25, 0.3) is 6.71 Å². The molecule has 19 rings (SSSR count). The van der Waals surface area contributed by atoms with Gasteiger partial charge in [-0.3, -0.25) is 0 Å². The topological polar surface area (TPSA) is 19.6 Å². The zero-order valence-electron chi connectivity index (χ0n) is 77.8. The highest BCUT2D eigenvalue weighted by molar-refractivity contribution is 7.00. The van der Waals surface area contributed by atoms with Crippen molar-refractivity contribution in [1.82, 2.24) is 9.13 Å². The van der Waals surface area contributed by atoms with E-state index in [1.807, 2.05) is 0 Å². The van der Waals surface area contributed by atoms with Crippen LogP contribution in [0.1, 0.15) is 139 Å². The van der Waals surface area contributed by atoms with Crippen molar-refractivity contribution < 1.29 is 11.0 Å². The zero-order valence-corrected chi connectivity index (χ0v) is 69.8. The molecule has 2 aliphatic rings. The van der Waals surface area contributed by atoms with Crippen molar-refractivity contribution in [3.63, 3.8) is 0 Å². The number of aryl methyl sites for hydroxylation is 2. The van der Waals surface area contributed by atoms with E-state index in [-0.39, 0.29) is 80.9 Å². The van der Waals surface area contributed by atoms with E-state index >= 15 is 0 Å². The molecule has 5 nitrogen and oxygen atoms in total. The first kappa shape index (κ1) is 66.5. The van der Waals surface area contributed by atoms with E-state index in [0.717, 1.165) is 112 Å². The molecule has 0 amide bonds. The van der Waals surface area contributed by atoms with E-state index in [4.69, 9.17) is 5.48 Å². The summed E-state index contributed by atoms with van der Waals surface area (Å²) in [5.41, 5.74) is 31.4. The monoisotopic (exact) mass is 1540 g/mol. The molecule has 0 N–H and O–H groups in total. The van der Waals surface area contributed by atoms with Gasteiger partial charge in [-0.25, -0.2) is 0 Å². The summed E-state index contributed by atoms with van der Waals surface area (Å²) in [6.07, 6.45) is 0.955. The fourth-order valence-corrected chi connectivity index (χ4v) is 18.3. The van der Waals surface area contributed by atoms with Crippen molar-refractivity contribution in [2.45, 2.75) is 137 Å². The third-order valence-corrected chi connectivity index (χ3v) is 24.7. The Balaban J connectivity index is 0.878. The predicted molar refractivity (Wildman–Crippen MR) is 506 cm³/mol. The quantitative estimate of drug-likeness (QED) is 0.0847. The summed E-state index contributed by atoms with van der Waals surface area (Å²) in [6.45, 7) is 29.1. The van der Waals surface area contributed by atoms with Gasteiger partial charge in [0.1, 0.15) is 0 Å². The lowest BCUT2D eigenvalue weighted by atomic mass is 9.33. The first-order valence-electron chi connectivity index (χ1n) is 45.9. The van der Waals surface area contributed by atoms with Gasteiger partial charge in [0.2, 0.25) is 0 Å². The average molecular weight is 1540 g/mol. The molecule has 2 aromatic heterocycles. The van der Waals surface area contributed by atoms with Gasteiger partial charge >= 0.3 is 0 Å². The molecular weight excluding hydrogens is 1430 g/mol. The van der Waals surface area contributed by atoms with Crippen molar-refractivity contribution in [1.29, 1.82) is 0 Å². The van der Waals surface area contributed by atoms with E-state index in [0.29, 0.717) is 32.5 Å². The first-order valence-corrected chi connectivity index (χ1v) is 41.9. The molecule has 0 aliphatic carbocycles. The highest BCUT2D eigenvalue weighted by atomic mass is 15.2. The lowest BCUT2D eigenvalue weighted by Gasteiger charge is -2.45. The summed E-state index contributed by atoms with van der Waals surface area (Å²) in [6, 6.07) is 105. The molecule has 0 unspecified atom stereocenters. The maximum atomic E-state index is 9.57. The van der Waals surface area contributed by atoms with E-state index in [1.165, 1.54) is 55.1 Å². The van der Waals surface area contributed by atoms with Gasteiger partial charge in [0.05, 0.1) is 22.0 Å². The Morgan fingerprint density at radius 3 is 1.32 bits per heavy atom. The molecule has 6 heteroatoms. The Labute approximate surface area is 709 Å². The molecule has 0 atom stereocenters. The number of hydrogen-bond donors (Lipinski definition) is 0. The smallest absolute Gasteiger partial charge is 0.252 e.